The molecule has 3 aromatic rings. The van der Waals surface area contributed by atoms with Crippen LogP contribution in [0.15, 0.2) is 93.1 Å². The average Bonchev–Trinajstić information content (AvgIpc) is 3.45. The first-order valence-corrected chi connectivity index (χ1v) is 14.0. The lowest BCUT2D eigenvalue weighted by atomic mass is 10.1. The van der Waals surface area contributed by atoms with E-state index in [0.29, 0.717) is 34.4 Å². The fourth-order valence-electron chi connectivity index (χ4n) is 4.23. The van der Waals surface area contributed by atoms with Gasteiger partial charge in [0.25, 0.3) is 5.91 Å². The van der Waals surface area contributed by atoms with Crippen molar-refractivity contribution in [2.75, 3.05) is 18.9 Å². The van der Waals surface area contributed by atoms with Gasteiger partial charge >= 0.3 is 0 Å². The number of carbonyl (C=O) groups excluding carboxylic acids is 1. The number of rotatable bonds is 6. The number of hydrogen-bond acceptors (Lipinski definition) is 7. The summed E-state index contributed by atoms with van der Waals surface area (Å²) in [5.41, 5.74) is 6.37. The molecular formula is C30H27N5OS2. The quantitative estimate of drug-likeness (QED) is 0.345. The third-order valence-electron chi connectivity index (χ3n) is 6.25. The molecule has 0 saturated carbocycles. The van der Waals surface area contributed by atoms with Crippen molar-refractivity contribution in [2.24, 2.45) is 4.99 Å². The summed E-state index contributed by atoms with van der Waals surface area (Å²) in [5.74, 6) is -0.0769. The maximum Gasteiger partial charge on any atom is 0.269 e. The molecule has 8 heteroatoms. The van der Waals surface area contributed by atoms with E-state index in [1.54, 1.807) is 28.8 Å². The first-order chi connectivity index (χ1) is 18.5. The predicted octanol–water partition coefficient (Wildman–Crippen LogP) is 6.91. The van der Waals surface area contributed by atoms with Gasteiger partial charge in [0.05, 0.1) is 40.3 Å². The van der Waals surface area contributed by atoms with Crippen molar-refractivity contribution in [2.45, 2.75) is 20.4 Å². The molecule has 2 aliphatic heterocycles. The van der Waals surface area contributed by atoms with E-state index in [9.17, 15) is 10.1 Å². The summed E-state index contributed by atoms with van der Waals surface area (Å²) in [4.78, 5) is 23.3. The van der Waals surface area contributed by atoms with Crippen LogP contribution in [0.2, 0.25) is 0 Å². The van der Waals surface area contributed by atoms with E-state index in [4.69, 9.17) is 4.99 Å². The standard InChI is InChI=1S/C30H27N5OS2/c1-4-32-24-15-12-22(17-31)16-25(24)33-30-35(18-21-8-6-5-7-9-21)28(36)27(38-30)29-34(3)26(19-37-29)23-13-10-20(2)11-14-23/h5-16,19,32H,4,18H2,1-3H3. The van der Waals surface area contributed by atoms with Crippen LogP contribution in [-0.2, 0) is 11.3 Å². The summed E-state index contributed by atoms with van der Waals surface area (Å²) in [6.07, 6.45) is 0. The van der Waals surface area contributed by atoms with Crippen molar-refractivity contribution in [3.63, 3.8) is 0 Å². The molecule has 6 nitrogen and oxygen atoms in total. The van der Waals surface area contributed by atoms with E-state index in [1.165, 1.54) is 17.3 Å². The van der Waals surface area contributed by atoms with Crippen LogP contribution in [0.1, 0.15) is 29.2 Å². The monoisotopic (exact) mass is 537 g/mol. The summed E-state index contributed by atoms with van der Waals surface area (Å²) in [5, 5.41) is 16.4. The molecule has 0 aromatic heterocycles. The van der Waals surface area contributed by atoms with Gasteiger partial charge in [0.2, 0.25) is 0 Å². The van der Waals surface area contributed by atoms with Crippen LogP contribution in [0.4, 0.5) is 11.4 Å². The van der Waals surface area contributed by atoms with Gasteiger partial charge in [-0.3, -0.25) is 9.69 Å². The zero-order chi connectivity index (χ0) is 26.6. The van der Waals surface area contributed by atoms with Crippen molar-refractivity contribution in [1.82, 2.24) is 9.80 Å². The number of amides is 1. The van der Waals surface area contributed by atoms with Crippen LogP contribution in [0.5, 0.6) is 0 Å². The topological polar surface area (TPSA) is 71.7 Å². The minimum absolute atomic E-state index is 0.0769. The van der Waals surface area contributed by atoms with E-state index in [0.717, 1.165) is 27.5 Å². The van der Waals surface area contributed by atoms with Crippen molar-refractivity contribution in [1.29, 1.82) is 5.26 Å². The molecule has 0 bridgehead atoms. The molecule has 0 atom stereocenters. The Labute approximate surface area is 231 Å². The van der Waals surface area contributed by atoms with Gasteiger partial charge in [-0.15, -0.1) is 0 Å². The molecule has 2 heterocycles. The first-order valence-electron chi connectivity index (χ1n) is 12.3. The van der Waals surface area contributed by atoms with E-state index in [-0.39, 0.29) is 5.91 Å². The molecular weight excluding hydrogens is 510 g/mol. The van der Waals surface area contributed by atoms with Gasteiger partial charge in [-0.1, -0.05) is 71.9 Å². The summed E-state index contributed by atoms with van der Waals surface area (Å²) in [7, 11) is 2.00. The van der Waals surface area contributed by atoms with Crippen LogP contribution < -0.4 is 5.32 Å². The minimum Gasteiger partial charge on any atom is -0.384 e. The summed E-state index contributed by atoms with van der Waals surface area (Å²) >= 11 is 2.94. The molecule has 38 heavy (non-hydrogen) atoms. The fourth-order valence-corrected chi connectivity index (χ4v) is 6.47. The van der Waals surface area contributed by atoms with Gasteiger partial charge in [-0.25, -0.2) is 4.99 Å². The third-order valence-corrected chi connectivity index (χ3v) is 8.48. The Bertz CT molecular complexity index is 1500. The number of amidine groups is 1. The van der Waals surface area contributed by atoms with E-state index >= 15 is 0 Å². The number of hydrogen-bond donors (Lipinski definition) is 1. The van der Waals surface area contributed by atoms with Gasteiger partial charge in [-0.2, -0.15) is 5.26 Å². The maximum absolute atomic E-state index is 13.9. The molecule has 3 aromatic carbocycles. The molecule has 0 aliphatic carbocycles. The second-order valence-electron chi connectivity index (χ2n) is 8.93. The minimum atomic E-state index is -0.0769. The van der Waals surface area contributed by atoms with Gasteiger partial charge in [0.1, 0.15) is 4.91 Å². The highest BCUT2D eigenvalue weighted by molar-refractivity contribution is 8.19. The van der Waals surface area contributed by atoms with Gasteiger partial charge in [0.15, 0.2) is 5.17 Å². The lowest BCUT2D eigenvalue weighted by Crippen LogP contribution is -2.29. The Kier molecular flexibility index (Phi) is 7.59. The molecule has 1 N–H and O–H groups in total. The van der Waals surface area contributed by atoms with Crippen molar-refractivity contribution in [3.05, 3.63) is 110 Å². The Morgan fingerprint density at radius 3 is 2.53 bits per heavy atom. The van der Waals surface area contributed by atoms with E-state index in [2.05, 4.69) is 52.9 Å². The molecule has 2 aliphatic rings. The number of anilines is 1. The second kappa shape index (κ2) is 11.2. The number of benzene rings is 3. The van der Waals surface area contributed by atoms with Gasteiger partial charge in [0, 0.05) is 19.0 Å². The Morgan fingerprint density at radius 2 is 1.82 bits per heavy atom. The number of carbonyl (C=O) groups is 1. The molecule has 1 saturated heterocycles. The molecule has 0 radical (unpaired) electrons. The Morgan fingerprint density at radius 1 is 1.05 bits per heavy atom. The van der Waals surface area contributed by atoms with Crippen LogP contribution in [0.25, 0.3) is 5.70 Å². The molecule has 1 fully saturated rings. The summed E-state index contributed by atoms with van der Waals surface area (Å²) < 4.78 is 0. The number of thioether (sulfide) groups is 2. The molecule has 0 spiro atoms. The third kappa shape index (κ3) is 5.21. The molecule has 0 unspecified atom stereocenters. The van der Waals surface area contributed by atoms with Crippen molar-refractivity contribution >= 4 is 51.7 Å². The van der Waals surface area contributed by atoms with Crippen LogP contribution in [0, 0.1) is 18.3 Å². The van der Waals surface area contributed by atoms with Crippen LogP contribution in [-0.4, -0.2) is 34.5 Å². The van der Waals surface area contributed by atoms with Crippen molar-refractivity contribution in [3.8, 4) is 6.07 Å². The maximum atomic E-state index is 13.9. The molecule has 190 valence electrons. The fraction of sp³-hybridized carbons (Fsp3) is 0.167. The normalized spacial score (nSPS) is 18.2. The highest BCUT2D eigenvalue weighted by Gasteiger charge is 2.38. The van der Waals surface area contributed by atoms with Crippen molar-refractivity contribution < 1.29 is 4.79 Å². The number of aliphatic imine (C=N–C) groups is 1. The SMILES string of the molecule is CCNc1ccc(C#N)cc1N=C1SC(=C2SC=C(c3ccc(C)cc3)N2C)C(=O)N1Cc1ccccc1. The highest BCUT2D eigenvalue weighted by atomic mass is 32.2. The average molecular weight is 538 g/mol. The zero-order valence-electron chi connectivity index (χ0n) is 21.4. The number of nitrogens with zero attached hydrogens (tertiary/aromatic N) is 4. The lowest BCUT2D eigenvalue weighted by molar-refractivity contribution is -0.122. The highest BCUT2D eigenvalue weighted by Crippen LogP contribution is 2.46. The number of nitrogens with one attached hydrogen (secondary N) is 1. The zero-order valence-corrected chi connectivity index (χ0v) is 23.1. The molecule has 5 rings (SSSR count). The van der Waals surface area contributed by atoms with Gasteiger partial charge in [-0.05, 0) is 54.9 Å². The van der Waals surface area contributed by atoms with Crippen LogP contribution in [0.3, 0.4) is 0 Å². The lowest BCUT2D eigenvalue weighted by Gasteiger charge is -2.19. The summed E-state index contributed by atoms with van der Waals surface area (Å²) in [6.45, 7) is 5.21. The largest absolute Gasteiger partial charge is 0.384 e. The predicted molar refractivity (Wildman–Crippen MR) is 159 cm³/mol. The number of aryl methyl sites for hydroxylation is 1. The second-order valence-corrected chi connectivity index (χ2v) is 10.8. The number of nitriles is 1. The Balaban J connectivity index is 1.55. The van der Waals surface area contributed by atoms with E-state index < -0.39 is 0 Å². The van der Waals surface area contributed by atoms with E-state index in [1.807, 2.05) is 50.4 Å². The Hall–Kier alpha value is -3.93. The smallest absolute Gasteiger partial charge is 0.269 e. The summed E-state index contributed by atoms with van der Waals surface area (Å²) in [6, 6.07) is 25.9. The van der Waals surface area contributed by atoms with Gasteiger partial charge < -0.3 is 10.2 Å². The first kappa shape index (κ1) is 25.7. The van der Waals surface area contributed by atoms with Crippen LogP contribution >= 0.6 is 23.5 Å². The molecule has 1 amide bonds.